The van der Waals surface area contributed by atoms with E-state index in [0.29, 0.717) is 5.75 Å². The number of likely N-dealkylation sites (tertiary alicyclic amines) is 2. The number of nitrogens with zero attached hydrogens (tertiary/aromatic N) is 2. The van der Waals surface area contributed by atoms with E-state index in [4.69, 9.17) is 0 Å². The number of likely N-dealkylation sites (N-methyl/N-ethyl adjacent to an activating group) is 1. The Morgan fingerprint density at radius 2 is 1.92 bits per heavy atom. The highest BCUT2D eigenvalue weighted by Crippen LogP contribution is 2.45. The summed E-state index contributed by atoms with van der Waals surface area (Å²) in [4.78, 5) is 29.1. The summed E-state index contributed by atoms with van der Waals surface area (Å²) < 4.78 is 0. The van der Waals surface area contributed by atoms with Crippen LogP contribution in [-0.4, -0.2) is 59.8 Å². The first-order chi connectivity index (χ1) is 12.1. The van der Waals surface area contributed by atoms with E-state index in [-0.39, 0.29) is 23.1 Å². The van der Waals surface area contributed by atoms with Crippen molar-refractivity contribution in [3.05, 3.63) is 35.9 Å². The summed E-state index contributed by atoms with van der Waals surface area (Å²) in [7, 11) is 0. The molecule has 0 unspecified atom stereocenters. The zero-order valence-corrected chi connectivity index (χ0v) is 16.1. The Kier molecular flexibility index (Phi) is 5.72. The van der Waals surface area contributed by atoms with E-state index in [0.717, 1.165) is 51.0 Å². The normalized spacial score (nSPS) is 23.1. The number of rotatable bonds is 4. The van der Waals surface area contributed by atoms with Crippen molar-refractivity contribution in [2.75, 3.05) is 38.2 Å². The van der Waals surface area contributed by atoms with Gasteiger partial charge in [0, 0.05) is 26.2 Å². The molecule has 0 aromatic heterocycles. The fourth-order valence-corrected chi connectivity index (χ4v) is 4.74. The second-order valence-electron chi connectivity index (χ2n) is 7.33. The summed E-state index contributed by atoms with van der Waals surface area (Å²) >= 11 is 1.59. The number of hydrogen-bond acceptors (Lipinski definition) is 3. The summed E-state index contributed by atoms with van der Waals surface area (Å²) in [5.74, 6) is 1.05. The SMILES string of the molecule is CCN1CC2(CCN(C(=O)CSC)CC2)C[C@@H](c2ccccc2)C1=O. The van der Waals surface area contributed by atoms with Gasteiger partial charge in [0.1, 0.15) is 0 Å². The smallest absolute Gasteiger partial charge is 0.232 e. The van der Waals surface area contributed by atoms with Gasteiger partial charge in [-0.1, -0.05) is 30.3 Å². The van der Waals surface area contributed by atoms with Gasteiger partial charge in [-0.3, -0.25) is 9.59 Å². The van der Waals surface area contributed by atoms with Crippen molar-refractivity contribution >= 4 is 23.6 Å². The fourth-order valence-electron chi connectivity index (χ4n) is 4.31. The highest BCUT2D eigenvalue weighted by Gasteiger charge is 2.46. The molecule has 0 bridgehead atoms. The summed E-state index contributed by atoms with van der Waals surface area (Å²) in [5.41, 5.74) is 1.28. The predicted molar refractivity (Wildman–Crippen MR) is 103 cm³/mol. The highest BCUT2D eigenvalue weighted by molar-refractivity contribution is 7.99. The van der Waals surface area contributed by atoms with E-state index in [2.05, 4.69) is 19.1 Å². The molecule has 1 atom stereocenters. The van der Waals surface area contributed by atoms with E-state index in [9.17, 15) is 9.59 Å². The first-order valence-electron chi connectivity index (χ1n) is 9.19. The number of carbonyl (C=O) groups excluding carboxylic acids is 2. The average molecular weight is 361 g/mol. The van der Waals surface area contributed by atoms with Gasteiger partial charge in [0.2, 0.25) is 11.8 Å². The van der Waals surface area contributed by atoms with E-state index in [1.54, 1.807) is 11.8 Å². The molecule has 136 valence electrons. The number of hydrogen-bond donors (Lipinski definition) is 0. The Balaban J connectivity index is 1.76. The third-order valence-electron chi connectivity index (χ3n) is 5.80. The van der Waals surface area contributed by atoms with Gasteiger partial charge in [-0.05, 0) is 43.4 Å². The quantitative estimate of drug-likeness (QED) is 0.829. The van der Waals surface area contributed by atoms with E-state index in [1.165, 1.54) is 0 Å². The predicted octanol–water partition coefficient (Wildman–Crippen LogP) is 2.99. The molecule has 25 heavy (non-hydrogen) atoms. The molecular formula is C20H28N2O2S. The molecule has 2 amide bonds. The van der Waals surface area contributed by atoms with Crippen LogP contribution in [0.1, 0.15) is 37.7 Å². The Morgan fingerprint density at radius 3 is 2.52 bits per heavy atom. The summed E-state index contributed by atoms with van der Waals surface area (Å²) in [5, 5.41) is 0. The van der Waals surface area contributed by atoms with Gasteiger partial charge in [0.05, 0.1) is 11.7 Å². The Morgan fingerprint density at radius 1 is 1.24 bits per heavy atom. The lowest BCUT2D eigenvalue weighted by molar-refractivity contribution is -0.143. The fraction of sp³-hybridized carbons (Fsp3) is 0.600. The molecule has 2 fully saturated rings. The van der Waals surface area contributed by atoms with Gasteiger partial charge in [0.25, 0.3) is 0 Å². The number of carbonyl (C=O) groups is 2. The molecule has 0 aliphatic carbocycles. The lowest BCUT2D eigenvalue weighted by Gasteiger charge is -2.49. The van der Waals surface area contributed by atoms with E-state index >= 15 is 0 Å². The number of piperidine rings is 2. The van der Waals surface area contributed by atoms with Crippen LogP contribution in [0.4, 0.5) is 0 Å². The van der Waals surface area contributed by atoms with Crippen molar-refractivity contribution in [2.24, 2.45) is 5.41 Å². The highest BCUT2D eigenvalue weighted by atomic mass is 32.2. The van der Waals surface area contributed by atoms with Gasteiger partial charge in [-0.2, -0.15) is 11.8 Å². The van der Waals surface area contributed by atoms with Crippen LogP contribution >= 0.6 is 11.8 Å². The number of benzene rings is 1. The van der Waals surface area contributed by atoms with Crippen LogP contribution < -0.4 is 0 Å². The monoisotopic (exact) mass is 360 g/mol. The van der Waals surface area contributed by atoms with Crippen LogP contribution in [0, 0.1) is 5.41 Å². The molecule has 3 rings (SSSR count). The maximum Gasteiger partial charge on any atom is 0.232 e. The number of amides is 2. The van der Waals surface area contributed by atoms with Gasteiger partial charge in [-0.15, -0.1) is 0 Å². The van der Waals surface area contributed by atoms with Crippen LogP contribution in [0.3, 0.4) is 0 Å². The standard InChI is InChI=1S/C20H28N2O2S/c1-3-21-15-20(9-11-22(12-10-20)18(23)14-25-2)13-17(19(21)24)16-7-5-4-6-8-16/h4-8,17H,3,9-15H2,1-2H3/t17-/m0/s1. The minimum Gasteiger partial charge on any atom is -0.342 e. The molecule has 2 saturated heterocycles. The second kappa shape index (κ2) is 7.81. The third kappa shape index (κ3) is 3.86. The van der Waals surface area contributed by atoms with Gasteiger partial charge in [0.15, 0.2) is 0 Å². The molecular weight excluding hydrogens is 332 g/mol. The minimum atomic E-state index is -0.0386. The molecule has 1 aromatic rings. The Hall–Kier alpha value is -1.49. The summed E-state index contributed by atoms with van der Waals surface area (Å²) in [6.45, 7) is 5.32. The molecule has 2 heterocycles. The Bertz CT molecular complexity index is 611. The van der Waals surface area contributed by atoms with Crippen LogP contribution in [0.15, 0.2) is 30.3 Å². The van der Waals surface area contributed by atoms with E-state index < -0.39 is 0 Å². The minimum absolute atomic E-state index is 0.0386. The van der Waals surface area contributed by atoms with Crippen LogP contribution in [0.2, 0.25) is 0 Å². The van der Waals surface area contributed by atoms with Crippen molar-refractivity contribution in [3.8, 4) is 0 Å². The Labute approximate surface area is 154 Å². The maximum atomic E-state index is 12.9. The molecule has 1 spiro atoms. The average Bonchev–Trinajstić information content (AvgIpc) is 2.65. The molecule has 1 aromatic carbocycles. The molecule has 0 saturated carbocycles. The summed E-state index contributed by atoms with van der Waals surface area (Å²) in [6.07, 6.45) is 4.89. The lowest BCUT2D eigenvalue weighted by atomic mass is 9.67. The largest absolute Gasteiger partial charge is 0.342 e. The van der Waals surface area contributed by atoms with Crippen molar-refractivity contribution in [1.82, 2.24) is 9.80 Å². The van der Waals surface area contributed by atoms with Crippen molar-refractivity contribution in [2.45, 2.75) is 32.1 Å². The van der Waals surface area contributed by atoms with Crippen LogP contribution in [0.5, 0.6) is 0 Å². The van der Waals surface area contributed by atoms with Gasteiger partial charge >= 0.3 is 0 Å². The van der Waals surface area contributed by atoms with E-state index in [1.807, 2.05) is 34.3 Å². The second-order valence-corrected chi connectivity index (χ2v) is 8.20. The first kappa shape index (κ1) is 18.3. The molecule has 0 N–H and O–H groups in total. The lowest BCUT2D eigenvalue weighted by Crippen LogP contribution is -2.54. The molecule has 4 nitrogen and oxygen atoms in total. The molecule has 2 aliphatic heterocycles. The van der Waals surface area contributed by atoms with Crippen molar-refractivity contribution in [1.29, 1.82) is 0 Å². The molecule has 5 heteroatoms. The van der Waals surface area contributed by atoms with Gasteiger partial charge < -0.3 is 9.80 Å². The van der Waals surface area contributed by atoms with Gasteiger partial charge in [-0.25, -0.2) is 0 Å². The molecule has 2 aliphatic rings. The van der Waals surface area contributed by atoms with Crippen LogP contribution in [0.25, 0.3) is 0 Å². The zero-order chi connectivity index (χ0) is 17.9. The third-order valence-corrected chi connectivity index (χ3v) is 6.34. The van der Waals surface area contributed by atoms with Crippen LogP contribution in [-0.2, 0) is 9.59 Å². The topological polar surface area (TPSA) is 40.6 Å². The summed E-state index contributed by atoms with van der Waals surface area (Å²) in [6, 6.07) is 10.2. The molecule has 0 radical (unpaired) electrons. The number of thioether (sulfide) groups is 1. The van der Waals surface area contributed by atoms with Crippen molar-refractivity contribution < 1.29 is 9.59 Å². The van der Waals surface area contributed by atoms with Crippen molar-refractivity contribution in [3.63, 3.8) is 0 Å². The maximum absolute atomic E-state index is 12.9. The first-order valence-corrected chi connectivity index (χ1v) is 10.6. The zero-order valence-electron chi connectivity index (χ0n) is 15.2.